The summed E-state index contributed by atoms with van der Waals surface area (Å²) in [6, 6.07) is 9.31. The predicted octanol–water partition coefficient (Wildman–Crippen LogP) is 2.87. The molecule has 0 fully saturated rings. The number of carbonyl (C=O) groups excluding carboxylic acids is 1. The van der Waals surface area contributed by atoms with Crippen molar-refractivity contribution >= 4 is 15.9 Å². The van der Waals surface area contributed by atoms with Gasteiger partial charge in [-0.1, -0.05) is 26.0 Å². The third-order valence-electron chi connectivity index (χ3n) is 3.92. The summed E-state index contributed by atoms with van der Waals surface area (Å²) in [5, 5.41) is 0. The van der Waals surface area contributed by atoms with E-state index in [0.29, 0.717) is 5.76 Å². The topological polar surface area (TPSA) is 70.8 Å². The van der Waals surface area contributed by atoms with E-state index in [1.165, 1.54) is 27.6 Å². The van der Waals surface area contributed by atoms with E-state index >= 15 is 0 Å². The van der Waals surface area contributed by atoms with Crippen LogP contribution in [0.3, 0.4) is 0 Å². The zero-order valence-corrected chi connectivity index (χ0v) is 16.6. The summed E-state index contributed by atoms with van der Waals surface area (Å²) in [7, 11) is -3.52. The fraction of sp³-hybridized carbons (Fsp3) is 0.421. The van der Waals surface area contributed by atoms with Gasteiger partial charge in [-0.15, -0.1) is 0 Å². The van der Waals surface area contributed by atoms with Crippen molar-refractivity contribution in [2.24, 2.45) is 5.92 Å². The second-order valence-electron chi connectivity index (χ2n) is 6.90. The molecular weight excluding hydrogens is 371 g/mol. The van der Waals surface area contributed by atoms with E-state index in [4.69, 9.17) is 4.42 Å². The van der Waals surface area contributed by atoms with E-state index in [-0.39, 0.29) is 43.8 Å². The lowest BCUT2D eigenvalue weighted by Crippen LogP contribution is -2.43. The Bertz CT molecular complexity index is 833. The molecule has 0 radical (unpaired) electrons. The summed E-state index contributed by atoms with van der Waals surface area (Å²) in [5.41, 5.74) is 0.742. The number of carbonyl (C=O) groups is 1. The molecule has 27 heavy (non-hydrogen) atoms. The van der Waals surface area contributed by atoms with E-state index in [9.17, 15) is 17.6 Å². The molecule has 0 spiro atoms. The zero-order chi connectivity index (χ0) is 20.0. The minimum absolute atomic E-state index is 0.0862. The fourth-order valence-corrected chi connectivity index (χ4v) is 3.52. The lowest BCUT2D eigenvalue weighted by Gasteiger charge is -2.27. The van der Waals surface area contributed by atoms with Crippen molar-refractivity contribution in [3.05, 3.63) is 59.8 Å². The summed E-state index contributed by atoms with van der Waals surface area (Å²) in [4.78, 5) is 14.4. The molecule has 1 heterocycles. The van der Waals surface area contributed by atoms with Crippen LogP contribution in [0.4, 0.5) is 4.39 Å². The quantitative estimate of drug-likeness (QED) is 0.653. The maximum absolute atomic E-state index is 13.1. The first kappa shape index (κ1) is 21.1. The first-order valence-corrected chi connectivity index (χ1v) is 10.5. The molecule has 0 aliphatic heterocycles. The SMILES string of the molecule is CC(C)CN(CC(=O)N(Cc1ccc(F)cc1)Cc1ccco1)S(C)(=O)=O. The Hall–Kier alpha value is -2.19. The minimum atomic E-state index is -3.52. The monoisotopic (exact) mass is 396 g/mol. The number of amides is 1. The Morgan fingerprint density at radius 1 is 1.15 bits per heavy atom. The molecule has 1 amide bonds. The average Bonchev–Trinajstić information content (AvgIpc) is 3.07. The maximum atomic E-state index is 13.1. The first-order valence-electron chi connectivity index (χ1n) is 8.65. The summed E-state index contributed by atoms with van der Waals surface area (Å²) >= 11 is 0. The molecule has 6 nitrogen and oxygen atoms in total. The van der Waals surface area contributed by atoms with Crippen LogP contribution < -0.4 is 0 Å². The molecule has 0 N–H and O–H groups in total. The molecule has 0 bridgehead atoms. The Morgan fingerprint density at radius 3 is 2.33 bits per heavy atom. The molecule has 1 aromatic carbocycles. The molecule has 2 aromatic rings. The van der Waals surface area contributed by atoms with Gasteiger partial charge in [-0.3, -0.25) is 4.79 Å². The highest BCUT2D eigenvalue weighted by Gasteiger charge is 2.25. The van der Waals surface area contributed by atoms with Crippen LogP contribution in [0.2, 0.25) is 0 Å². The van der Waals surface area contributed by atoms with Gasteiger partial charge in [-0.25, -0.2) is 12.8 Å². The van der Waals surface area contributed by atoms with Crippen LogP contribution in [0.15, 0.2) is 47.1 Å². The van der Waals surface area contributed by atoms with Gasteiger partial charge in [0.15, 0.2) is 0 Å². The molecule has 1 aromatic heterocycles. The Balaban J connectivity index is 2.19. The number of benzene rings is 1. The van der Waals surface area contributed by atoms with Gasteiger partial charge >= 0.3 is 0 Å². The van der Waals surface area contributed by atoms with Crippen LogP contribution >= 0.6 is 0 Å². The number of hydrogen-bond acceptors (Lipinski definition) is 4. The summed E-state index contributed by atoms with van der Waals surface area (Å²) in [6.07, 6.45) is 2.61. The minimum Gasteiger partial charge on any atom is -0.467 e. The van der Waals surface area contributed by atoms with E-state index in [1.54, 1.807) is 24.3 Å². The molecule has 148 valence electrons. The Labute approximate surface area is 159 Å². The summed E-state index contributed by atoms with van der Waals surface area (Å²) in [5.74, 6) is -0.0342. The summed E-state index contributed by atoms with van der Waals surface area (Å²) in [6.45, 7) is 4.21. The van der Waals surface area contributed by atoms with Gasteiger partial charge in [0.2, 0.25) is 15.9 Å². The lowest BCUT2D eigenvalue weighted by molar-refractivity contribution is -0.133. The van der Waals surface area contributed by atoms with E-state index in [0.717, 1.165) is 11.8 Å². The van der Waals surface area contributed by atoms with Gasteiger partial charge in [0.05, 0.1) is 25.6 Å². The van der Waals surface area contributed by atoms with Gasteiger partial charge in [-0.05, 0) is 35.7 Å². The Kier molecular flexibility index (Phi) is 7.15. The van der Waals surface area contributed by atoms with Crippen molar-refractivity contribution in [2.75, 3.05) is 19.3 Å². The van der Waals surface area contributed by atoms with E-state index in [2.05, 4.69) is 0 Å². The molecule has 0 saturated carbocycles. The molecule has 0 atom stereocenters. The van der Waals surface area contributed by atoms with Gasteiger partial charge < -0.3 is 9.32 Å². The highest BCUT2D eigenvalue weighted by atomic mass is 32.2. The Morgan fingerprint density at radius 2 is 1.81 bits per heavy atom. The van der Waals surface area contributed by atoms with Crippen molar-refractivity contribution in [1.82, 2.24) is 9.21 Å². The van der Waals surface area contributed by atoms with Crippen LogP contribution in [-0.4, -0.2) is 42.9 Å². The van der Waals surface area contributed by atoms with Crippen LogP contribution in [0, 0.1) is 11.7 Å². The normalized spacial score (nSPS) is 11.9. The second-order valence-corrected chi connectivity index (χ2v) is 8.89. The molecule has 0 saturated heterocycles. The highest BCUT2D eigenvalue weighted by molar-refractivity contribution is 7.88. The van der Waals surface area contributed by atoms with Crippen LogP contribution in [0.5, 0.6) is 0 Å². The van der Waals surface area contributed by atoms with E-state index < -0.39 is 10.0 Å². The largest absolute Gasteiger partial charge is 0.467 e. The smallest absolute Gasteiger partial charge is 0.238 e. The van der Waals surface area contributed by atoms with Gasteiger partial charge in [0, 0.05) is 13.1 Å². The number of nitrogens with zero attached hydrogens (tertiary/aromatic N) is 2. The zero-order valence-electron chi connectivity index (χ0n) is 15.8. The molecule has 0 unspecified atom stereocenters. The van der Waals surface area contributed by atoms with E-state index in [1.807, 2.05) is 13.8 Å². The predicted molar refractivity (Wildman–Crippen MR) is 101 cm³/mol. The van der Waals surface area contributed by atoms with Crippen LogP contribution in [0.25, 0.3) is 0 Å². The molecule has 0 aliphatic carbocycles. The molecular formula is C19H25FN2O4S. The van der Waals surface area contributed by atoms with Crippen molar-refractivity contribution in [3.63, 3.8) is 0 Å². The fourth-order valence-electron chi connectivity index (χ4n) is 2.61. The second kappa shape index (κ2) is 9.14. The van der Waals surface area contributed by atoms with Gasteiger partial charge in [0.1, 0.15) is 11.6 Å². The third kappa shape index (κ3) is 6.80. The third-order valence-corrected chi connectivity index (χ3v) is 5.13. The number of hydrogen-bond donors (Lipinski definition) is 0. The average molecular weight is 396 g/mol. The number of halogens is 1. The number of sulfonamides is 1. The highest BCUT2D eigenvalue weighted by Crippen LogP contribution is 2.14. The molecule has 2 rings (SSSR count). The molecule has 0 aliphatic rings. The maximum Gasteiger partial charge on any atom is 0.238 e. The van der Waals surface area contributed by atoms with Crippen LogP contribution in [0.1, 0.15) is 25.2 Å². The lowest BCUT2D eigenvalue weighted by atomic mass is 10.2. The first-order chi connectivity index (χ1) is 12.6. The van der Waals surface area contributed by atoms with Crippen molar-refractivity contribution in [3.8, 4) is 0 Å². The van der Waals surface area contributed by atoms with Crippen molar-refractivity contribution < 1.29 is 22.0 Å². The van der Waals surface area contributed by atoms with Crippen LogP contribution in [-0.2, 0) is 27.9 Å². The van der Waals surface area contributed by atoms with Crippen molar-refractivity contribution in [1.29, 1.82) is 0 Å². The standard InChI is InChI=1S/C19H25FN2O4S/c1-15(2)11-22(27(3,24)25)14-19(23)21(13-18-5-4-10-26-18)12-16-6-8-17(20)9-7-16/h4-10,15H,11-14H2,1-3H3. The number of furan rings is 1. The van der Waals surface area contributed by atoms with Gasteiger partial charge in [-0.2, -0.15) is 4.31 Å². The summed E-state index contributed by atoms with van der Waals surface area (Å²) < 4.78 is 43.7. The molecule has 8 heteroatoms. The van der Waals surface area contributed by atoms with Crippen molar-refractivity contribution in [2.45, 2.75) is 26.9 Å². The number of rotatable bonds is 9. The van der Waals surface area contributed by atoms with Gasteiger partial charge in [0.25, 0.3) is 0 Å².